The molecule has 130 valence electrons. The molecule has 1 aromatic heterocycles. The first kappa shape index (κ1) is 17.3. The van der Waals surface area contributed by atoms with Gasteiger partial charge in [0.25, 0.3) is 5.91 Å². The van der Waals surface area contributed by atoms with Crippen molar-refractivity contribution in [2.45, 2.75) is 13.3 Å². The number of carbonyl (C=O) groups is 1. The zero-order valence-corrected chi connectivity index (χ0v) is 14.3. The maximum absolute atomic E-state index is 12.9. The molecule has 1 amide bonds. The summed E-state index contributed by atoms with van der Waals surface area (Å²) in [4.78, 5) is 18.7. The van der Waals surface area contributed by atoms with Crippen LogP contribution in [0.1, 0.15) is 24.0 Å². The molecule has 1 heterocycles. The number of amides is 1. The first-order valence-electron chi connectivity index (χ1n) is 8.24. The fourth-order valence-corrected chi connectivity index (χ4v) is 2.49. The van der Waals surface area contributed by atoms with Crippen LogP contribution in [0.4, 0.5) is 5.69 Å². The largest absolute Gasteiger partial charge is 0.494 e. The number of para-hydroxylation sites is 1. The van der Waals surface area contributed by atoms with E-state index in [0.29, 0.717) is 29.1 Å². The van der Waals surface area contributed by atoms with E-state index in [0.717, 1.165) is 0 Å². The smallest absolute Gasteiger partial charge is 0.298 e. The highest BCUT2D eigenvalue weighted by Gasteiger charge is 2.21. The van der Waals surface area contributed by atoms with E-state index in [-0.39, 0.29) is 18.8 Å². The number of nitriles is 1. The van der Waals surface area contributed by atoms with Crippen LogP contribution in [-0.2, 0) is 0 Å². The van der Waals surface area contributed by atoms with Crippen molar-refractivity contribution < 1.29 is 9.53 Å². The van der Waals surface area contributed by atoms with Crippen LogP contribution in [-0.4, -0.2) is 34.2 Å². The summed E-state index contributed by atoms with van der Waals surface area (Å²) in [6, 6.07) is 16.4. The van der Waals surface area contributed by atoms with Crippen LogP contribution in [0.3, 0.4) is 0 Å². The van der Waals surface area contributed by atoms with Gasteiger partial charge in [0.15, 0.2) is 0 Å². The molecule has 0 saturated carbocycles. The Labute approximate surface area is 150 Å². The second kappa shape index (κ2) is 8.03. The van der Waals surface area contributed by atoms with Gasteiger partial charge >= 0.3 is 0 Å². The highest BCUT2D eigenvalue weighted by atomic mass is 16.5. The summed E-state index contributed by atoms with van der Waals surface area (Å²) in [6.45, 7) is 2.70. The van der Waals surface area contributed by atoms with Crippen molar-refractivity contribution >= 4 is 22.6 Å². The summed E-state index contributed by atoms with van der Waals surface area (Å²) in [7, 11) is 0. The summed E-state index contributed by atoms with van der Waals surface area (Å²) in [5.41, 5.74) is 1.86. The van der Waals surface area contributed by atoms with Crippen LogP contribution < -0.4 is 9.64 Å². The molecular weight excluding hydrogens is 330 g/mol. The summed E-state index contributed by atoms with van der Waals surface area (Å²) >= 11 is 0. The van der Waals surface area contributed by atoms with Crippen molar-refractivity contribution in [2.24, 2.45) is 0 Å². The maximum atomic E-state index is 12.9. The number of anilines is 1. The Morgan fingerprint density at radius 1 is 1.12 bits per heavy atom. The molecule has 0 atom stereocenters. The van der Waals surface area contributed by atoms with E-state index < -0.39 is 5.91 Å². The third-order valence-electron chi connectivity index (χ3n) is 3.70. The molecule has 0 aliphatic heterocycles. The average molecular weight is 347 g/mol. The number of carbonyl (C=O) groups excluding carboxylic acids is 1. The van der Waals surface area contributed by atoms with E-state index in [4.69, 9.17) is 10.00 Å². The van der Waals surface area contributed by atoms with Crippen LogP contribution >= 0.6 is 0 Å². The lowest BCUT2D eigenvalue weighted by Gasteiger charge is -2.21. The molecule has 3 aromatic rings. The number of ether oxygens (including phenoxy) is 1. The number of fused-ring (bicyclic) bond motifs is 1. The fourth-order valence-electron chi connectivity index (χ4n) is 2.49. The minimum Gasteiger partial charge on any atom is -0.494 e. The van der Waals surface area contributed by atoms with Crippen LogP contribution in [0, 0.1) is 11.3 Å². The molecule has 0 spiro atoms. The minimum atomic E-state index is -0.400. The quantitative estimate of drug-likeness (QED) is 0.681. The van der Waals surface area contributed by atoms with E-state index in [9.17, 15) is 4.79 Å². The van der Waals surface area contributed by atoms with Gasteiger partial charge in [-0.3, -0.25) is 4.79 Å². The molecule has 3 rings (SSSR count). The van der Waals surface area contributed by atoms with E-state index >= 15 is 0 Å². The molecule has 0 radical (unpaired) electrons. The number of nitrogens with zero attached hydrogens (tertiary/aromatic N) is 5. The maximum Gasteiger partial charge on any atom is 0.298 e. The SMILES string of the molecule is CCOc1ccc(N(CCC#N)C(=O)c2nnc3ccccc3n2)cc1. The summed E-state index contributed by atoms with van der Waals surface area (Å²) < 4.78 is 5.42. The third-order valence-corrected chi connectivity index (χ3v) is 3.70. The highest BCUT2D eigenvalue weighted by Crippen LogP contribution is 2.21. The minimum absolute atomic E-state index is 0.00414. The van der Waals surface area contributed by atoms with Gasteiger partial charge < -0.3 is 9.64 Å². The number of benzene rings is 2. The topological polar surface area (TPSA) is 92.0 Å². The van der Waals surface area contributed by atoms with Crippen LogP contribution in [0.5, 0.6) is 5.75 Å². The molecule has 0 saturated heterocycles. The van der Waals surface area contributed by atoms with E-state index in [2.05, 4.69) is 21.3 Å². The molecule has 0 N–H and O–H groups in total. The zero-order chi connectivity index (χ0) is 18.4. The highest BCUT2D eigenvalue weighted by molar-refractivity contribution is 6.04. The lowest BCUT2D eigenvalue weighted by Crippen LogP contribution is -2.33. The standard InChI is InChI=1S/C19H17N5O2/c1-2-26-15-10-8-14(9-11-15)24(13-5-12-20)19(25)18-21-16-6-3-4-7-17(16)22-23-18/h3-4,6-11H,2,5,13H2,1H3. The van der Waals surface area contributed by atoms with E-state index in [1.54, 1.807) is 36.4 Å². The molecule has 0 aliphatic carbocycles. The molecule has 0 bridgehead atoms. The summed E-state index contributed by atoms with van der Waals surface area (Å²) in [5.74, 6) is 0.311. The van der Waals surface area contributed by atoms with Gasteiger partial charge in [0.2, 0.25) is 5.82 Å². The fraction of sp³-hybridized carbons (Fsp3) is 0.211. The summed E-state index contributed by atoms with van der Waals surface area (Å²) in [5, 5.41) is 16.9. The van der Waals surface area contributed by atoms with E-state index in [1.165, 1.54) is 4.90 Å². The first-order valence-corrected chi connectivity index (χ1v) is 8.24. The van der Waals surface area contributed by atoms with Crippen LogP contribution in [0.2, 0.25) is 0 Å². The molecular formula is C19H17N5O2. The van der Waals surface area contributed by atoms with Gasteiger partial charge in [-0.1, -0.05) is 12.1 Å². The van der Waals surface area contributed by atoms with Crippen LogP contribution in [0.15, 0.2) is 48.5 Å². The van der Waals surface area contributed by atoms with Crippen molar-refractivity contribution in [2.75, 3.05) is 18.1 Å². The van der Waals surface area contributed by atoms with Gasteiger partial charge in [-0.15, -0.1) is 10.2 Å². The predicted molar refractivity (Wildman–Crippen MR) is 96.9 cm³/mol. The number of hydrogen-bond donors (Lipinski definition) is 0. The Kier molecular flexibility index (Phi) is 5.34. The molecule has 26 heavy (non-hydrogen) atoms. The Hall–Kier alpha value is -3.53. The molecule has 0 unspecified atom stereocenters. The second-order valence-corrected chi connectivity index (χ2v) is 5.42. The van der Waals surface area contributed by atoms with Crippen molar-refractivity contribution in [3.05, 3.63) is 54.4 Å². The van der Waals surface area contributed by atoms with Gasteiger partial charge in [0.1, 0.15) is 11.3 Å². The van der Waals surface area contributed by atoms with Gasteiger partial charge in [-0.2, -0.15) is 5.26 Å². The number of rotatable bonds is 6. The molecule has 7 heteroatoms. The molecule has 7 nitrogen and oxygen atoms in total. The van der Waals surface area contributed by atoms with E-state index in [1.807, 2.05) is 19.1 Å². The van der Waals surface area contributed by atoms with Crippen molar-refractivity contribution in [3.8, 4) is 11.8 Å². The van der Waals surface area contributed by atoms with Gasteiger partial charge in [-0.25, -0.2) is 4.98 Å². The predicted octanol–water partition coefficient (Wildman–Crippen LogP) is 2.98. The lowest BCUT2D eigenvalue weighted by atomic mass is 10.2. The first-order chi connectivity index (χ1) is 12.7. The molecule has 0 aliphatic rings. The van der Waals surface area contributed by atoms with Gasteiger partial charge in [0.05, 0.1) is 24.6 Å². The van der Waals surface area contributed by atoms with Crippen molar-refractivity contribution in [1.82, 2.24) is 15.2 Å². The van der Waals surface area contributed by atoms with Crippen LogP contribution in [0.25, 0.3) is 11.0 Å². The van der Waals surface area contributed by atoms with Crippen molar-refractivity contribution in [1.29, 1.82) is 5.26 Å². The Morgan fingerprint density at radius 2 is 1.85 bits per heavy atom. The monoisotopic (exact) mass is 347 g/mol. The van der Waals surface area contributed by atoms with Gasteiger partial charge in [-0.05, 0) is 43.3 Å². The number of hydrogen-bond acceptors (Lipinski definition) is 6. The lowest BCUT2D eigenvalue weighted by molar-refractivity contribution is 0.0976. The third kappa shape index (κ3) is 3.75. The second-order valence-electron chi connectivity index (χ2n) is 5.42. The molecule has 2 aromatic carbocycles. The average Bonchev–Trinajstić information content (AvgIpc) is 2.69. The molecule has 0 fully saturated rings. The normalized spacial score (nSPS) is 10.3. The summed E-state index contributed by atoms with van der Waals surface area (Å²) in [6.07, 6.45) is 0.194. The van der Waals surface area contributed by atoms with Crippen molar-refractivity contribution in [3.63, 3.8) is 0 Å². The van der Waals surface area contributed by atoms with Gasteiger partial charge in [0, 0.05) is 12.2 Å². The Bertz CT molecular complexity index is 950. The zero-order valence-electron chi connectivity index (χ0n) is 14.3. The number of aromatic nitrogens is 3. The Balaban J connectivity index is 1.92. The Morgan fingerprint density at radius 3 is 2.54 bits per heavy atom.